The van der Waals surface area contributed by atoms with Crippen LogP contribution in [0.1, 0.15) is 33.1 Å². The van der Waals surface area contributed by atoms with Crippen molar-refractivity contribution >= 4 is 11.6 Å². The molecule has 0 N–H and O–H groups in total. The van der Waals surface area contributed by atoms with Gasteiger partial charge >= 0.3 is 0 Å². The lowest BCUT2D eigenvalue weighted by atomic mass is 9.98. The van der Waals surface area contributed by atoms with Gasteiger partial charge in [0.25, 0.3) is 0 Å². The molecule has 0 heterocycles. The number of carbonyl (C=O) groups is 2. The van der Waals surface area contributed by atoms with Crippen molar-refractivity contribution in [3.8, 4) is 0 Å². The van der Waals surface area contributed by atoms with Crippen molar-refractivity contribution in [2.45, 2.75) is 39.2 Å². The highest BCUT2D eigenvalue weighted by Crippen LogP contribution is 2.46. The van der Waals surface area contributed by atoms with E-state index < -0.39 is 6.10 Å². The Bertz CT molecular complexity index is 228. The maximum Gasteiger partial charge on any atom is 0.168 e. The average molecular weight is 184 g/mol. The van der Waals surface area contributed by atoms with Crippen LogP contribution in [0, 0.1) is 5.41 Å². The smallest absolute Gasteiger partial charge is 0.168 e. The Labute approximate surface area is 78.5 Å². The van der Waals surface area contributed by atoms with Gasteiger partial charge in [0.1, 0.15) is 11.9 Å². The number of methoxy groups -OCH3 is 1. The molecule has 3 heteroatoms. The quantitative estimate of drug-likeness (QED) is 0.606. The number of carbonyl (C=O) groups excluding carboxylic acids is 2. The summed E-state index contributed by atoms with van der Waals surface area (Å²) < 4.78 is 4.84. The molecule has 0 bridgehead atoms. The van der Waals surface area contributed by atoms with Crippen LogP contribution in [0.4, 0.5) is 0 Å². The highest BCUT2D eigenvalue weighted by Gasteiger charge is 2.44. The van der Waals surface area contributed by atoms with Gasteiger partial charge in [0.15, 0.2) is 5.78 Å². The largest absolute Gasteiger partial charge is 0.374 e. The first-order chi connectivity index (χ1) is 5.99. The summed E-state index contributed by atoms with van der Waals surface area (Å²) in [6, 6.07) is 0. The molecule has 0 aromatic carbocycles. The second-order valence-corrected chi connectivity index (χ2v) is 4.00. The minimum Gasteiger partial charge on any atom is -0.374 e. The standard InChI is InChI=1S/C10H16O3/c1-7(13-3)8(11)6-9(12)10(2)4-5-10/h7H,4-6H2,1-3H3. The normalized spacial score (nSPS) is 20.8. The summed E-state index contributed by atoms with van der Waals surface area (Å²) in [6.45, 7) is 3.59. The minimum absolute atomic E-state index is 0.0332. The van der Waals surface area contributed by atoms with Crippen molar-refractivity contribution in [3.05, 3.63) is 0 Å². The number of ether oxygens (including phenoxy) is 1. The first-order valence-electron chi connectivity index (χ1n) is 4.58. The summed E-state index contributed by atoms with van der Waals surface area (Å²) in [5, 5.41) is 0. The Morgan fingerprint density at radius 2 is 2.00 bits per heavy atom. The molecule has 1 aliphatic rings. The lowest BCUT2D eigenvalue weighted by Gasteiger charge is -2.09. The van der Waals surface area contributed by atoms with Crippen LogP contribution in [-0.2, 0) is 14.3 Å². The van der Waals surface area contributed by atoms with Crippen LogP contribution < -0.4 is 0 Å². The first-order valence-corrected chi connectivity index (χ1v) is 4.58. The average Bonchev–Trinajstić information content (AvgIpc) is 2.83. The third-order valence-electron chi connectivity index (χ3n) is 2.81. The van der Waals surface area contributed by atoms with Crippen LogP contribution in [0.25, 0.3) is 0 Å². The van der Waals surface area contributed by atoms with E-state index in [4.69, 9.17) is 4.74 Å². The Balaban J connectivity index is 2.40. The van der Waals surface area contributed by atoms with Gasteiger partial charge in [-0.05, 0) is 19.8 Å². The fraction of sp³-hybridized carbons (Fsp3) is 0.800. The molecule has 0 aromatic heterocycles. The van der Waals surface area contributed by atoms with Gasteiger partial charge in [-0.15, -0.1) is 0 Å². The number of Topliss-reactive ketones (excluding diaryl/α,β-unsaturated/α-hetero) is 2. The molecule has 0 saturated heterocycles. The maximum atomic E-state index is 11.5. The monoisotopic (exact) mass is 184 g/mol. The number of ketones is 2. The van der Waals surface area contributed by atoms with Gasteiger partial charge in [0, 0.05) is 12.5 Å². The Hall–Kier alpha value is -0.700. The molecule has 1 unspecified atom stereocenters. The fourth-order valence-corrected chi connectivity index (χ4v) is 1.11. The van der Waals surface area contributed by atoms with E-state index >= 15 is 0 Å². The van der Waals surface area contributed by atoms with Crippen molar-refractivity contribution < 1.29 is 14.3 Å². The third-order valence-corrected chi connectivity index (χ3v) is 2.81. The lowest BCUT2D eigenvalue weighted by Crippen LogP contribution is -2.25. The molecule has 0 aromatic rings. The molecule has 13 heavy (non-hydrogen) atoms. The topological polar surface area (TPSA) is 43.4 Å². The van der Waals surface area contributed by atoms with Crippen LogP contribution in [0.3, 0.4) is 0 Å². The van der Waals surface area contributed by atoms with E-state index in [0.29, 0.717) is 0 Å². The van der Waals surface area contributed by atoms with Crippen LogP contribution in [0.5, 0.6) is 0 Å². The molecule has 1 fully saturated rings. The van der Waals surface area contributed by atoms with Crippen molar-refractivity contribution in [1.82, 2.24) is 0 Å². The van der Waals surface area contributed by atoms with Gasteiger partial charge in [-0.1, -0.05) is 6.92 Å². The second kappa shape index (κ2) is 3.58. The molecular formula is C10H16O3. The van der Waals surface area contributed by atoms with Crippen LogP contribution in [-0.4, -0.2) is 24.8 Å². The number of hydrogen-bond acceptors (Lipinski definition) is 3. The molecule has 0 amide bonds. The van der Waals surface area contributed by atoms with Crippen molar-refractivity contribution in [2.75, 3.05) is 7.11 Å². The summed E-state index contributed by atoms with van der Waals surface area (Å²) >= 11 is 0. The van der Waals surface area contributed by atoms with Crippen LogP contribution in [0.15, 0.2) is 0 Å². The van der Waals surface area contributed by atoms with Gasteiger partial charge in [-0.3, -0.25) is 9.59 Å². The van der Waals surface area contributed by atoms with E-state index in [1.54, 1.807) is 6.92 Å². The predicted molar refractivity (Wildman–Crippen MR) is 48.4 cm³/mol. The molecule has 1 atom stereocenters. The summed E-state index contributed by atoms with van der Waals surface area (Å²) in [7, 11) is 1.48. The maximum absolute atomic E-state index is 11.5. The zero-order valence-electron chi connectivity index (χ0n) is 8.42. The van der Waals surface area contributed by atoms with Gasteiger partial charge in [0.2, 0.25) is 0 Å². The predicted octanol–water partition coefficient (Wildman–Crippen LogP) is 1.35. The first kappa shape index (κ1) is 10.4. The van der Waals surface area contributed by atoms with Crippen molar-refractivity contribution in [2.24, 2.45) is 5.41 Å². The van der Waals surface area contributed by atoms with E-state index in [1.165, 1.54) is 7.11 Å². The SMILES string of the molecule is COC(C)C(=O)CC(=O)C1(C)CC1. The Morgan fingerprint density at radius 3 is 2.38 bits per heavy atom. The molecule has 0 spiro atoms. The molecule has 74 valence electrons. The molecule has 1 aliphatic carbocycles. The lowest BCUT2D eigenvalue weighted by molar-refractivity contribution is -0.134. The highest BCUT2D eigenvalue weighted by molar-refractivity contribution is 6.04. The summed E-state index contributed by atoms with van der Waals surface area (Å²) in [6.07, 6.45) is 1.44. The molecule has 1 saturated carbocycles. The Morgan fingerprint density at radius 1 is 1.46 bits per heavy atom. The van der Waals surface area contributed by atoms with E-state index in [9.17, 15) is 9.59 Å². The number of hydrogen-bond donors (Lipinski definition) is 0. The van der Waals surface area contributed by atoms with Crippen molar-refractivity contribution in [3.63, 3.8) is 0 Å². The van der Waals surface area contributed by atoms with Crippen LogP contribution >= 0.6 is 0 Å². The van der Waals surface area contributed by atoms with Crippen molar-refractivity contribution in [1.29, 1.82) is 0 Å². The van der Waals surface area contributed by atoms with Gasteiger partial charge in [-0.2, -0.15) is 0 Å². The summed E-state index contributed by atoms with van der Waals surface area (Å²) in [5.74, 6) is -0.0398. The molecular weight excluding hydrogens is 168 g/mol. The van der Waals surface area contributed by atoms with E-state index in [1.807, 2.05) is 6.92 Å². The third kappa shape index (κ3) is 2.37. The van der Waals surface area contributed by atoms with E-state index in [-0.39, 0.29) is 23.4 Å². The summed E-state index contributed by atoms with van der Waals surface area (Å²) in [4.78, 5) is 22.8. The van der Waals surface area contributed by atoms with Gasteiger partial charge < -0.3 is 4.74 Å². The fourth-order valence-electron chi connectivity index (χ4n) is 1.11. The van der Waals surface area contributed by atoms with E-state index in [0.717, 1.165) is 12.8 Å². The zero-order chi connectivity index (χ0) is 10.1. The van der Waals surface area contributed by atoms with Gasteiger partial charge in [-0.25, -0.2) is 0 Å². The van der Waals surface area contributed by atoms with E-state index in [2.05, 4.69) is 0 Å². The molecule has 0 radical (unpaired) electrons. The zero-order valence-corrected chi connectivity index (χ0v) is 8.42. The van der Waals surface area contributed by atoms with Crippen LogP contribution in [0.2, 0.25) is 0 Å². The molecule has 3 nitrogen and oxygen atoms in total. The molecule has 1 rings (SSSR count). The Kier molecular flexibility index (Phi) is 2.86. The second-order valence-electron chi connectivity index (χ2n) is 4.00. The summed E-state index contributed by atoms with van der Waals surface area (Å²) in [5.41, 5.74) is -0.191. The van der Waals surface area contributed by atoms with Gasteiger partial charge in [0.05, 0.1) is 6.42 Å². The molecule has 0 aliphatic heterocycles. The minimum atomic E-state index is -0.452. The highest BCUT2D eigenvalue weighted by atomic mass is 16.5. The number of rotatable bonds is 5.